The molecular formula is C18H25NS. The Bertz CT molecular complexity index is 572. The fraction of sp³-hybridized carbons (Fsp3) is 0.556. The van der Waals surface area contributed by atoms with Crippen molar-refractivity contribution in [1.82, 2.24) is 4.90 Å². The summed E-state index contributed by atoms with van der Waals surface area (Å²) in [5.41, 5.74) is 1.52. The second-order valence-corrected chi connectivity index (χ2v) is 7.71. The summed E-state index contributed by atoms with van der Waals surface area (Å²) in [6.45, 7) is 10.8. The van der Waals surface area contributed by atoms with E-state index in [1.54, 1.807) is 0 Å². The number of nitrogens with zero attached hydrogens (tertiary/aromatic N) is 1. The van der Waals surface area contributed by atoms with Gasteiger partial charge in [0.2, 0.25) is 0 Å². The molecule has 1 aliphatic heterocycles. The molecule has 0 saturated carbocycles. The standard InChI is InChI=1S/C18H25NS/c1-13(2)15-8-14(3)9-19(10-15)11-16-12-20-18-7-5-4-6-17(16)18/h4-7,12-15H,8-11H2,1-3H3. The van der Waals surface area contributed by atoms with Gasteiger partial charge in [-0.15, -0.1) is 11.3 Å². The highest BCUT2D eigenvalue weighted by Crippen LogP contribution is 2.31. The van der Waals surface area contributed by atoms with Gasteiger partial charge < -0.3 is 0 Å². The van der Waals surface area contributed by atoms with E-state index in [1.807, 2.05) is 11.3 Å². The van der Waals surface area contributed by atoms with E-state index in [9.17, 15) is 0 Å². The van der Waals surface area contributed by atoms with Gasteiger partial charge in [0.15, 0.2) is 0 Å². The minimum Gasteiger partial charge on any atom is -0.298 e. The van der Waals surface area contributed by atoms with Crippen molar-refractivity contribution in [2.24, 2.45) is 17.8 Å². The molecule has 0 amide bonds. The Hall–Kier alpha value is -0.860. The first-order valence-electron chi connectivity index (χ1n) is 7.81. The van der Waals surface area contributed by atoms with Gasteiger partial charge >= 0.3 is 0 Å². The third-order valence-corrected chi connectivity index (χ3v) is 5.68. The number of likely N-dealkylation sites (tertiary alicyclic amines) is 1. The fourth-order valence-corrected chi connectivity index (χ4v) is 4.48. The summed E-state index contributed by atoms with van der Waals surface area (Å²) in [7, 11) is 0. The lowest BCUT2D eigenvalue weighted by atomic mass is 9.83. The van der Waals surface area contributed by atoms with Crippen molar-refractivity contribution in [3.63, 3.8) is 0 Å². The molecule has 0 bridgehead atoms. The summed E-state index contributed by atoms with van der Waals surface area (Å²) in [5.74, 6) is 2.50. The first-order valence-corrected chi connectivity index (χ1v) is 8.69. The lowest BCUT2D eigenvalue weighted by Crippen LogP contribution is -2.40. The first-order chi connectivity index (χ1) is 9.63. The summed E-state index contributed by atoms with van der Waals surface area (Å²) in [5, 5.41) is 3.81. The Morgan fingerprint density at radius 1 is 1.25 bits per heavy atom. The maximum Gasteiger partial charge on any atom is 0.0346 e. The van der Waals surface area contributed by atoms with Crippen LogP contribution in [-0.4, -0.2) is 18.0 Å². The number of rotatable bonds is 3. The number of hydrogen-bond donors (Lipinski definition) is 0. The second-order valence-electron chi connectivity index (χ2n) is 6.80. The van der Waals surface area contributed by atoms with Crippen LogP contribution < -0.4 is 0 Å². The van der Waals surface area contributed by atoms with Gasteiger partial charge in [-0.05, 0) is 46.6 Å². The number of thiophene rings is 1. The molecule has 2 heterocycles. The van der Waals surface area contributed by atoms with Crippen molar-refractivity contribution in [2.45, 2.75) is 33.7 Å². The predicted molar refractivity (Wildman–Crippen MR) is 89.2 cm³/mol. The third kappa shape index (κ3) is 2.91. The molecule has 0 N–H and O–H groups in total. The SMILES string of the molecule is CC1CC(C(C)C)CN(Cc2csc3ccccc23)C1. The van der Waals surface area contributed by atoms with E-state index in [0.717, 1.165) is 24.3 Å². The Morgan fingerprint density at radius 3 is 2.85 bits per heavy atom. The minimum absolute atomic E-state index is 0.805. The fourth-order valence-electron chi connectivity index (χ4n) is 3.52. The van der Waals surface area contributed by atoms with Crippen LogP contribution in [0.2, 0.25) is 0 Å². The van der Waals surface area contributed by atoms with E-state index >= 15 is 0 Å². The van der Waals surface area contributed by atoms with Gasteiger partial charge in [-0.3, -0.25) is 4.90 Å². The molecule has 2 unspecified atom stereocenters. The molecular weight excluding hydrogens is 262 g/mol. The Balaban J connectivity index is 1.76. The van der Waals surface area contributed by atoms with Crippen LogP contribution in [0.15, 0.2) is 29.6 Å². The first kappa shape index (κ1) is 14.1. The number of piperidine rings is 1. The van der Waals surface area contributed by atoms with Crippen molar-refractivity contribution in [3.05, 3.63) is 35.2 Å². The molecule has 1 saturated heterocycles. The van der Waals surface area contributed by atoms with E-state index in [1.165, 1.54) is 35.2 Å². The zero-order valence-corrected chi connectivity index (χ0v) is 13.6. The van der Waals surface area contributed by atoms with Crippen LogP contribution in [0.3, 0.4) is 0 Å². The van der Waals surface area contributed by atoms with E-state index < -0.39 is 0 Å². The summed E-state index contributed by atoms with van der Waals surface area (Å²) in [4.78, 5) is 2.67. The largest absolute Gasteiger partial charge is 0.298 e. The van der Waals surface area contributed by atoms with Gasteiger partial charge in [0.25, 0.3) is 0 Å². The lowest BCUT2D eigenvalue weighted by molar-refractivity contribution is 0.102. The topological polar surface area (TPSA) is 3.24 Å². The molecule has 2 heteroatoms. The summed E-state index contributed by atoms with van der Waals surface area (Å²) < 4.78 is 1.42. The van der Waals surface area contributed by atoms with Crippen molar-refractivity contribution in [1.29, 1.82) is 0 Å². The molecule has 1 aliphatic rings. The summed E-state index contributed by atoms with van der Waals surface area (Å²) in [6.07, 6.45) is 1.40. The maximum atomic E-state index is 2.67. The smallest absolute Gasteiger partial charge is 0.0346 e. The van der Waals surface area contributed by atoms with Crippen molar-refractivity contribution in [3.8, 4) is 0 Å². The van der Waals surface area contributed by atoms with Crippen molar-refractivity contribution in [2.75, 3.05) is 13.1 Å². The van der Waals surface area contributed by atoms with Crippen LogP contribution >= 0.6 is 11.3 Å². The second kappa shape index (κ2) is 5.87. The molecule has 3 rings (SSSR count). The van der Waals surface area contributed by atoms with Crippen LogP contribution in [0.5, 0.6) is 0 Å². The molecule has 20 heavy (non-hydrogen) atoms. The Morgan fingerprint density at radius 2 is 2.05 bits per heavy atom. The van der Waals surface area contributed by atoms with Gasteiger partial charge in [0.05, 0.1) is 0 Å². The zero-order chi connectivity index (χ0) is 14.1. The number of hydrogen-bond acceptors (Lipinski definition) is 2. The molecule has 1 fully saturated rings. The van der Waals surface area contributed by atoms with E-state index in [4.69, 9.17) is 0 Å². The van der Waals surface area contributed by atoms with Gasteiger partial charge in [0, 0.05) is 24.3 Å². The summed E-state index contributed by atoms with van der Waals surface area (Å²) >= 11 is 1.88. The highest BCUT2D eigenvalue weighted by atomic mass is 32.1. The lowest BCUT2D eigenvalue weighted by Gasteiger charge is -2.38. The van der Waals surface area contributed by atoms with Gasteiger partial charge in [-0.1, -0.05) is 39.0 Å². The third-order valence-electron chi connectivity index (χ3n) is 4.67. The maximum absolute atomic E-state index is 2.67. The minimum atomic E-state index is 0.805. The summed E-state index contributed by atoms with van der Waals surface area (Å²) in [6, 6.07) is 8.81. The molecule has 1 aromatic heterocycles. The quantitative estimate of drug-likeness (QED) is 0.766. The Kier molecular flexibility index (Phi) is 4.13. The highest BCUT2D eigenvalue weighted by molar-refractivity contribution is 7.17. The van der Waals surface area contributed by atoms with E-state index in [0.29, 0.717) is 0 Å². The molecule has 0 spiro atoms. The molecule has 0 aliphatic carbocycles. The number of benzene rings is 1. The molecule has 108 valence electrons. The van der Waals surface area contributed by atoms with Gasteiger partial charge in [-0.25, -0.2) is 0 Å². The monoisotopic (exact) mass is 287 g/mol. The Labute approximate surface area is 126 Å². The van der Waals surface area contributed by atoms with Crippen LogP contribution in [0.4, 0.5) is 0 Å². The van der Waals surface area contributed by atoms with E-state index in [2.05, 4.69) is 55.3 Å². The molecule has 0 radical (unpaired) electrons. The average Bonchev–Trinajstić information content (AvgIpc) is 2.82. The van der Waals surface area contributed by atoms with Crippen molar-refractivity contribution >= 4 is 21.4 Å². The van der Waals surface area contributed by atoms with Crippen LogP contribution in [-0.2, 0) is 6.54 Å². The van der Waals surface area contributed by atoms with E-state index in [-0.39, 0.29) is 0 Å². The average molecular weight is 287 g/mol. The van der Waals surface area contributed by atoms with Crippen molar-refractivity contribution < 1.29 is 0 Å². The van der Waals surface area contributed by atoms with Crippen LogP contribution in [0, 0.1) is 17.8 Å². The van der Waals surface area contributed by atoms with Gasteiger partial charge in [0.1, 0.15) is 0 Å². The normalized spacial score (nSPS) is 24.6. The molecule has 2 aromatic rings. The zero-order valence-electron chi connectivity index (χ0n) is 12.8. The molecule has 2 atom stereocenters. The van der Waals surface area contributed by atoms with Gasteiger partial charge in [-0.2, -0.15) is 0 Å². The molecule has 1 aromatic carbocycles. The molecule has 1 nitrogen and oxygen atoms in total. The highest BCUT2D eigenvalue weighted by Gasteiger charge is 2.26. The van der Waals surface area contributed by atoms with Crippen LogP contribution in [0.1, 0.15) is 32.8 Å². The predicted octanol–water partition coefficient (Wildman–Crippen LogP) is 5.02. The van der Waals surface area contributed by atoms with Crippen LogP contribution in [0.25, 0.3) is 10.1 Å². The number of fused-ring (bicyclic) bond motifs is 1.